The van der Waals surface area contributed by atoms with E-state index in [1.165, 1.54) is 34.2 Å². The molecule has 0 radical (unpaired) electrons. The van der Waals surface area contributed by atoms with Gasteiger partial charge in [-0.2, -0.15) is 0 Å². The minimum Gasteiger partial charge on any atom is -0.394 e. The molecular formula is C25H32O5. The monoisotopic (exact) mass is 412 g/mol. The predicted octanol–water partition coefficient (Wildman–Crippen LogP) is 2.29. The first-order valence-corrected chi connectivity index (χ1v) is 10.9. The Morgan fingerprint density at radius 3 is 2.23 bits per heavy atom. The summed E-state index contributed by atoms with van der Waals surface area (Å²) in [7, 11) is 0. The minimum absolute atomic E-state index is 0.415. The average molecular weight is 413 g/mol. The van der Waals surface area contributed by atoms with Crippen LogP contribution in [0.4, 0.5) is 0 Å². The molecular weight excluding hydrogens is 380 g/mol. The lowest BCUT2D eigenvalue weighted by Gasteiger charge is -2.41. The Bertz CT molecular complexity index is 889. The zero-order chi connectivity index (χ0) is 21.4. The van der Waals surface area contributed by atoms with Gasteiger partial charge in [-0.25, -0.2) is 0 Å². The van der Waals surface area contributed by atoms with Crippen molar-refractivity contribution in [2.24, 2.45) is 0 Å². The smallest absolute Gasteiger partial charge is 0.113 e. The Balaban J connectivity index is 1.77. The third kappa shape index (κ3) is 3.93. The first-order valence-electron chi connectivity index (χ1n) is 10.9. The van der Waals surface area contributed by atoms with Gasteiger partial charge in [0.2, 0.25) is 0 Å². The number of benzene rings is 2. The first-order chi connectivity index (χ1) is 14.4. The lowest BCUT2D eigenvalue weighted by Crippen LogP contribution is -2.55. The molecule has 2 aromatic carbocycles. The van der Waals surface area contributed by atoms with Gasteiger partial charge in [0.1, 0.15) is 30.5 Å². The molecule has 0 aromatic heterocycles. The fraction of sp³-hybridized carbons (Fsp3) is 0.520. The van der Waals surface area contributed by atoms with Crippen molar-refractivity contribution in [2.75, 3.05) is 6.61 Å². The van der Waals surface area contributed by atoms with Crippen LogP contribution in [0.3, 0.4) is 0 Å². The van der Waals surface area contributed by atoms with Crippen LogP contribution in [0.1, 0.15) is 57.9 Å². The van der Waals surface area contributed by atoms with Crippen LogP contribution in [-0.2, 0) is 24.0 Å². The van der Waals surface area contributed by atoms with Crippen molar-refractivity contribution in [3.05, 3.63) is 69.3 Å². The zero-order valence-corrected chi connectivity index (χ0v) is 17.7. The predicted molar refractivity (Wildman–Crippen MR) is 115 cm³/mol. The number of fused-ring (bicyclic) bond motifs is 1. The maximum absolute atomic E-state index is 10.7. The van der Waals surface area contributed by atoms with E-state index in [1.807, 2.05) is 0 Å². The summed E-state index contributed by atoms with van der Waals surface area (Å²) < 4.78 is 5.90. The number of ether oxygens (including phenoxy) is 1. The Hall–Kier alpha value is -1.76. The van der Waals surface area contributed by atoms with E-state index in [1.54, 1.807) is 0 Å². The number of aliphatic hydroxyl groups is 4. The van der Waals surface area contributed by atoms with Gasteiger partial charge in [-0.1, -0.05) is 35.9 Å². The molecule has 5 nitrogen and oxygen atoms in total. The van der Waals surface area contributed by atoms with Gasteiger partial charge in [0.05, 0.1) is 6.61 Å². The summed E-state index contributed by atoms with van der Waals surface area (Å²) in [6.07, 6.45) is -0.497. The maximum Gasteiger partial charge on any atom is 0.113 e. The van der Waals surface area contributed by atoms with Crippen molar-refractivity contribution in [2.45, 2.75) is 76.5 Å². The molecule has 2 aliphatic rings. The first kappa shape index (κ1) is 21.5. The van der Waals surface area contributed by atoms with Crippen molar-refractivity contribution in [3.63, 3.8) is 0 Å². The van der Waals surface area contributed by atoms with E-state index in [0.717, 1.165) is 36.8 Å². The van der Waals surface area contributed by atoms with Gasteiger partial charge in [-0.15, -0.1) is 0 Å². The summed E-state index contributed by atoms with van der Waals surface area (Å²) >= 11 is 0. The average Bonchev–Trinajstić information content (AvgIpc) is 2.76. The molecule has 162 valence electrons. The summed E-state index contributed by atoms with van der Waals surface area (Å²) in [4.78, 5) is 0. The van der Waals surface area contributed by atoms with E-state index in [2.05, 4.69) is 44.2 Å². The molecule has 4 N–H and O–H groups in total. The Morgan fingerprint density at radius 1 is 0.900 bits per heavy atom. The second-order valence-corrected chi connectivity index (χ2v) is 8.83. The summed E-state index contributed by atoms with van der Waals surface area (Å²) in [5.74, 6) is 0. The van der Waals surface area contributed by atoms with E-state index < -0.39 is 37.1 Å². The van der Waals surface area contributed by atoms with Crippen LogP contribution < -0.4 is 0 Å². The molecule has 30 heavy (non-hydrogen) atoms. The van der Waals surface area contributed by atoms with Crippen molar-refractivity contribution in [3.8, 4) is 0 Å². The van der Waals surface area contributed by atoms with Gasteiger partial charge in [-0.3, -0.25) is 0 Å². The van der Waals surface area contributed by atoms with Gasteiger partial charge < -0.3 is 25.2 Å². The van der Waals surface area contributed by atoms with Crippen molar-refractivity contribution < 1.29 is 25.2 Å². The van der Waals surface area contributed by atoms with Crippen LogP contribution in [-0.4, -0.2) is 51.4 Å². The lowest BCUT2D eigenvalue weighted by molar-refractivity contribution is -0.231. The van der Waals surface area contributed by atoms with Crippen LogP contribution in [0.25, 0.3) is 0 Å². The van der Waals surface area contributed by atoms with Crippen LogP contribution in [0.5, 0.6) is 0 Å². The third-order valence-corrected chi connectivity index (χ3v) is 6.78. The number of rotatable bonds is 4. The summed E-state index contributed by atoms with van der Waals surface area (Å²) in [6.45, 7) is 3.72. The van der Waals surface area contributed by atoms with Gasteiger partial charge >= 0.3 is 0 Å². The van der Waals surface area contributed by atoms with E-state index >= 15 is 0 Å². The van der Waals surface area contributed by atoms with Crippen molar-refractivity contribution in [1.29, 1.82) is 0 Å². The third-order valence-electron chi connectivity index (χ3n) is 6.78. The molecule has 1 aliphatic heterocycles. The number of hydrogen-bond donors (Lipinski definition) is 4. The van der Waals surface area contributed by atoms with Crippen LogP contribution in [0, 0.1) is 13.8 Å². The Kier molecular flexibility index (Phi) is 6.28. The van der Waals surface area contributed by atoms with E-state index in [9.17, 15) is 20.4 Å². The van der Waals surface area contributed by atoms with Crippen LogP contribution in [0.15, 0.2) is 30.3 Å². The van der Waals surface area contributed by atoms with Crippen LogP contribution >= 0.6 is 0 Å². The molecule has 1 saturated heterocycles. The highest BCUT2D eigenvalue weighted by atomic mass is 16.5. The molecule has 1 fully saturated rings. The van der Waals surface area contributed by atoms with E-state index in [-0.39, 0.29) is 0 Å². The highest BCUT2D eigenvalue weighted by Gasteiger charge is 2.44. The molecule has 0 spiro atoms. The van der Waals surface area contributed by atoms with Gasteiger partial charge in [0.15, 0.2) is 0 Å². The fourth-order valence-corrected chi connectivity index (χ4v) is 4.97. The Labute approximate surface area is 178 Å². The molecule has 0 bridgehead atoms. The summed E-state index contributed by atoms with van der Waals surface area (Å²) in [5.41, 5.74) is 8.33. The maximum atomic E-state index is 10.7. The Morgan fingerprint density at radius 2 is 1.57 bits per heavy atom. The summed E-state index contributed by atoms with van der Waals surface area (Å²) in [6, 6.07) is 10.6. The van der Waals surface area contributed by atoms with Gasteiger partial charge in [0.25, 0.3) is 0 Å². The quantitative estimate of drug-likeness (QED) is 0.619. The molecule has 0 amide bonds. The normalized spacial score (nSPS) is 28.9. The molecule has 0 unspecified atom stereocenters. The summed E-state index contributed by atoms with van der Waals surface area (Å²) in [5, 5.41) is 40.7. The highest BCUT2D eigenvalue weighted by Crippen LogP contribution is 2.39. The highest BCUT2D eigenvalue weighted by molar-refractivity contribution is 5.49. The van der Waals surface area contributed by atoms with Gasteiger partial charge in [-0.05, 0) is 79.3 Å². The van der Waals surface area contributed by atoms with Crippen molar-refractivity contribution in [1.82, 2.24) is 0 Å². The zero-order valence-electron chi connectivity index (χ0n) is 17.7. The molecule has 4 rings (SSSR count). The molecule has 5 atom stereocenters. The number of aliphatic hydroxyl groups excluding tert-OH is 4. The second-order valence-electron chi connectivity index (χ2n) is 8.83. The molecule has 1 heterocycles. The standard InChI is InChI=1S/C25H32O5/c1-14-7-9-16(10-8-14)11-17-12-20(15(2)18-5-3-4-6-19(17)18)25-24(29)23(28)22(27)21(13-26)30-25/h7-10,12,21-29H,3-6,11,13H2,1-2H3/t21-,22+,23+,24+,25+/m1/s1. The lowest BCUT2D eigenvalue weighted by atomic mass is 9.79. The largest absolute Gasteiger partial charge is 0.394 e. The van der Waals surface area contributed by atoms with Gasteiger partial charge in [0, 0.05) is 0 Å². The molecule has 1 aliphatic carbocycles. The van der Waals surface area contributed by atoms with E-state index in [4.69, 9.17) is 4.74 Å². The molecule has 5 heteroatoms. The number of aryl methyl sites for hydroxylation is 1. The van der Waals surface area contributed by atoms with Crippen LogP contribution in [0.2, 0.25) is 0 Å². The number of hydrogen-bond acceptors (Lipinski definition) is 5. The molecule has 0 saturated carbocycles. The topological polar surface area (TPSA) is 90.2 Å². The second kappa shape index (κ2) is 8.77. The molecule has 2 aromatic rings. The van der Waals surface area contributed by atoms with Crippen molar-refractivity contribution >= 4 is 0 Å². The van der Waals surface area contributed by atoms with E-state index in [0.29, 0.717) is 0 Å². The SMILES string of the molecule is Cc1ccc(Cc2cc([C@@H]3O[C@H](CO)[C@H](O)[C@H](O)[C@@H]3O)c(C)c3c2CCCC3)cc1. The fourth-order valence-electron chi connectivity index (χ4n) is 4.97. The minimum atomic E-state index is -1.36.